The maximum atomic E-state index is 11.7. The lowest BCUT2D eigenvalue weighted by Crippen LogP contribution is -2.16. The quantitative estimate of drug-likeness (QED) is 0.754. The Morgan fingerprint density at radius 3 is 2.74 bits per heavy atom. The van der Waals surface area contributed by atoms with Gasteiger partial charge >= 0.3 is 0 Å². The van der Waals surface area contributed by atoms with E-state index >= 15 is 0 Å². The van der Waals surface area contributed by atoms with Crippen LogP contribution in [0.25, 0.3) is 0 Å². The summed E-state index contributed by atoms with van der Waals surface area (Å²) in [4.78, 5) is 11.7. The van der Waals surface area contributed by atoms with Gasteiger partial charge in [0.1, 0.15) is 0 Å². The normalized spacial score (nSPS) is 12.4. The fourth-order valence-corrected chi connectivity index (χ4v) is 2.87. The molecule has 1 amide bonds. The Kier molecular flexibility index (Phi) is 6.56. The van der Waals surface area contributed by atoms with Crippen molar-refractivity contribution < 1.29 is 9.00 Å². The molecule has 0 radical (unpaired) electrons. The van der Waals surface area contributed by atoms with Gasteiger partial charge in [0.25, 0.3) is 0 Å². The van der Waals surface area contributed by atoms with E-state index in [0.717, 1.165) is 6.42 Å². The Bertz CT molecular complexity index is 447. The summed E-state index contributed by atoms with van der Waals surface area (Å²) in [6, 6.07) is 7.03. The molecule has 0 heterocycles. The highest BCUT2D eigenvalue weighted by molar-refractivity contribution is 7.84. The van der Waals surface area contributed by atoms with Gasteiger partial charge in [-0.3, -0.25) is 9.00 Å². The zero-order valence-electron chi connectivity index (χ0n) is 11.5. The Morgan fingerprint density at radius 2 is 2.11 bits per heavy atom. The number of hydrogen-bond acceptors (Lipinski definition) is 3. The molecule has 5 heteroatoms. The molecule has 0 aliphatic rings. The lowest BCUT2D eigenvalue weighted by molar-refractivity contribution is -0.115. The molecule has 0 aliphatic carbocycles. The second-order valence-electron chi connectivity index (χ2n) is 4.95. The molecule has 0 fully saturated rings. The predicted molar refractivity (Wildman–Crippen MR) is 81.4 cm³/mol. The number of benzene rings is 1. The number of hydrogen-bond donors (Lipinski definition) is 2. The van der Waals surface area contributed by atoms with Crippen LogP contribution in [0.15, 0.2) is 24.3 Å². The molecular weight excluding hydrogens is 260 g/mol. The van der Waals surface area contributed by atoms with Crippen LogP contribution in [0.4, 0.5) is 11.4 Å². The third-order valence-corrected chi connectivity index (χ3v) is 4.00. The fraction of sp³-hybridized carbons (Fsp3) is 0.500. The maximum absolute atomic E-state index is 11.7. The number of nitrogens with two attached hydrogens (primary N) is 1. The molecule has 19 heavy (non-hydrogen) atoms. The SMILES string of the molecule is CC(C)CCS(=O)CCC(=O)Nc1cccc(N)c1. The van der Waals surface area contributed by atoms with Crippen LogP contribution in [0.1, 0.15) is 26.7 Å². The molecular formula is C14H22N2O2S. The molecule has 4 nitrogen and oxygen atoms in total. The Balaban J connectivity index is 2.30. The lowest BCUT2D eigenvalue weighted by Gasteiger charge is -2.07. The first-order chi connectivity index (χ1) is 8.97. The van der Waals surface area contributed by atoms with Gasteiger partial charge in [0.05, 0.1) is 0 Å². The molecule has 1 aromatic carbocycles. The maximum Gasteiger partial charge on any atom is 0.225 e. The summed E-state index contributed by atoms with van der Waals surface area (Å²) in [5.74, 6) is 1.51. The van der Waals surface area contributed by atoms with Gasteiger partial charge in [-0.2, -0.15) is 0 Å². The van der Waals surface area contributed by atoms with Crippen LogP contribution in [0, 0.1) is 5.92 Å². The number of carbonyl (C=O) groups is 1. The standard InChI is InChI=1S/C14H22N2O2S/c1-11(2)6-8-19(18)9-7-14(17)16-13-5-3-4-12(15)10-13/h3-5,10-11H,6-9,15H2,1-2H3,(H,16,17). The summed E-state index contributed by atoms with van der Waals surface area (Å²) >= 11 is 0. The van der Waals surface area contributed by atoms with Gasteiger partial charge in [0.2, 0.25) is 5.91 Å². The summed E-state index contributed by atoms with van der Waals surface area (Å²) in [5.41, 5.74) is 6.91. The van der Waals surface area contributed by atoms with E-state index in [4.69, 9.17) is 5.73 Å². The van der Waals surface area contributed by atoms with Crippen LogP contribution < -0.4 is 11.1 Å². The molecule has 3 N–H and O–H groups in total. The largest absolute Gasteiger partial charge is 0.399 e. The van der Waals surface area contributed by atoms with Crippen molar-refractivity contribution in [3.8, 4) is 0 Å². The third kappa shape index (κ3) is 6.96. The van der Waals surface area contributed by atoms with Crippen LogP contribution >= 0.6 is 0 Å². The molecule has 1 atom stereocenters. The Morgan fingerprint density at radius 1 is 1.37 bits per heavy atom. The average molecular weight is 282 g/mol. The van der Waals surface area contributed by atoms with Crippen LogP contribution in [0.3, 0.4) is 0 Å². The molecule has 0 aliphatic heterocycles. The minimum absolute atomic E-state index is 0.122. The van der Waals surface area contributed by atoms with E-state index in [-0.39, 0.29) is 12.3 Å². The number of nitrogens with one attached hydrogen (secondary N) is 1. The molecule has 0 saturated heterocycles. The first kappa shape index (κ1) is 15.7. The number of amides is 1. The molecule has 0 bridgehead atoms. The summed E-state index contributed by atoms with van der Waals surface area (Å²) < 4.78 is 11.7. The second kappa shape index (κ2) is 7.94. The van der Waals surface area contributed by atoms with E-state index in [9.17, 15) is 9.00 Å². The van der Waals surface area contributed by atoms with Crippen molar-refractivity contribution >= 4 is 28.1 Å². The van der Waals surface area contributed by atoms with Gasteiger partial charge in [-0.05, 0) is 30.5 Å². The molecule has 1 aromatic rings. The average Bonchev–Trinajstić information content (AvgIpc) is 2.34. The highest BCUT2D eigenvalue weighted by Crippen LogP contribution is 2.12. The fourth-order valence-electron chi connectivity index (χ4n) is 1.52. The van der Waals surface area contributed by atoms with E-state index < -0.39 is 10.8 Å². The van der Waals surface area contributed by atoms with E-state index in [1.54, 1.807) is 24.3 Å². The summed E-state index contributed by atoms with van der Waals surface area (Å²) in [7, 11) is -0.909. The van der Waals surface area contributed by atoms with Crippen LogP contribution in [0.5, 0.6) is 0 Å². The monoisotopic (exact) mass is 282 g/mol. The zero-order chi connectivity index (χ0) is 14.3. The molecule has 0 spiro atoms. The highest BCUT2D eigenvalue weighted by Gasteiger charge is 2.07. The van der Waals surface area contributed by atoms with Crippen molar-refractivity contribution in [1.82, 2.24) is 0 Å². The van der Waals surface area contributed by atoms with E-state index in [2.05, 4.69) is 19.2 Å². The molecule has 106 valence electrons. The van der Waals surface area contributed by atoms with E-state index in [1.807, 2.05) is 0 Å². The van der Waals surface area contributed by atoms with Crippen LogP contribution in [-0.4, -0.2) is 21.6 Å². The summed E-state index contributed by atoms with van der Waals surface area (Å²) in [6.45, 7) is 4.20. The van der Waals surface area contributed by atoms with Gasteiger partial charge < -0.3 is 11.1 Å². The van der Waals surface area contributed by atoms with Gasteiger partial charge in [-0.15, -0.1) is 0 Å². The summed E-state index contributed by atoms with van der Waals surface area (Å²) in [5, 5.41) is 2.75. The van der Waals surface area contributed by atoms with Crippen molar-refractivity contribution in [3.63, 3.8) is 0 Å². The Hall–Kier alpha value is -1.36. The molecule has 0 aromatic heterocycles. The van der Waals surface area contributed by atoms with Crippen molar-refractivity contribution in [2.45, 2.75) is 26.7 Å². The minimum atomic E-state index is -0.909. The molecule has 0 saturated carbocycles. The van der Waals surface area contributed by atoms with Crippen molar-refractivity contribution in [1.29, 1.82) is 0 Å². The van der Waals surface area contributed by atoms with Crippen molar-refractivity contribution in [2.75, 3.05) is 22.6 Å². The van der Waals surface area contributed by atoms with E-state index in [0.29, 0.717) is 28.8 Å². The molecule has 1 unspecified atom stereocenters. The number of carbonyl (C=O) groups excluding carboxylic acids is 1. The van der Waals surface area contributed by atoms with Crippen molar-refractivity contribution in [3.05, 3.63) is 24.3 Å². The Labute approximate surface area is 117 Å². The molecule has 1 rings (SSSR count). The number of nitrogen functional groups attached to an aromatic ring is 1. The first-order valence-corrected chi connectivity index (χ1v) is 7.96. The third-order valence-electron chi connectivity index (χ3n) is 2.65. The predicted octanol–water partition coefficient (Wildman–Crippen LogP) is 2.39. The lowest BCUT2D eigenvalue weighted by atomic mass is 10.2. The first-order valence-electron chi connectivity index (χ1n) is 6.47. The zero-order valence-corrected chi connectivity index (χ0v) is 12.3. The van der Waals surface area contributed by atoms with Gasteiger partial charge in [0.15, 0.2) is 0 Å². The van der Waals surface area contributed by atoms with Crippen molar-refractivity contribution in [2.24, 2.45) is 5.92 Å². The van der Waals surface area contributed by atoms with E-state index in [1.165, 1.54) is 0 Å². The smallest absolute Gasteiger partial charge is 0.225 e. The topological polar surface area (TPSA) is 72.2 Å². The summed E-state index contributed by atoms with van der Waals surface area (Å²) in [6.07, 6.45) is 1.21. The van der Waals surface area contributed by atoms with Crippen LogP contribution in [-0.2, 0) is 15.6 Å². The minimum Gasteiger partial charge on any atom is -0.399 e. The number of anilines is 2. The van der Waals surface area contributed by atoms with Gasteiger partial charge in [0, 0.05) is 40.1 Å². The highest BCUT2D eigenvalue weighted by atomic mass is 32.2. The van der Waals surface area contributed by atoms with Gasteiger partial charge in [-0.25, -0.2) is 0 Å². The van der Waals surface area contributed by atoms with Gasteiger partial charge in [-0.1, -0.05) is 19.9 Å². The van der Waals surface area contributed by atoms with Crippen LogP contribution in [0.2, 0.25) is 0 Å². The second-order valence-corrected chi connectivity index (χ2v) is 6.65. The number of rotatable bonds is 7.